The summed E-state index contributed by atoms with van der Waals surface area (Å²) >= 11 is 0. The van der Waals surface area contributed by atoms with E-state index >= 15 is 0 Å². The van der Waals surface area contributed by atoms with Gasteiger partial charge in [0.05, 0.1) is 0 Å². The van der Waals surface area contributed by atoms with Crippen molar-refractivity contribution in [2.75, 3.05) is 0 Å². The third-order valence-corrected chi connectivity index (χ3v) is 1.84. The molecule has 0 heterocycles. The zero-order chi connectivity index (χ0) is 8.97. The maximum Gasteiger partial charge on any atom is 0.214 e. The Balaban J connectivity index is 2.78. The molecule has 0 aliphatic heterocycles. The van der Waals surface area contributed by atoms with Gasteiger partial charge in [-0.3, -0.25) is 5.11 Å². The molecule has 0 bridgehead atoms. The summed E-state index contributed by atoms with van der Waals surface area (Å²) in [4.78, 5) is 0. The molecular formula is C10H12FO. The van der Waals surface area contributed by atoms with Crippen LogP contribution in [0.4, 0.5) is 4.39 Å². The van der Waals surface area contributed by atoms with Gasteiger partial charge in [-0.2, -0.15) is 0 Å². The molecule has 65 valence electrons. The molecule has 0 fully saturated rings. The van der Waals surface area contributed by atoms with Crippen LogP contribution in [0, 0.1) is 5.82 Å². The largest absolute Gasteiger partial charge is 0.287 e. The van der Waals surface area contributed by atoms with Gasteiger partial charge >= 0.3 is 0 Å². The average Bonchev–Trinajstić information content (AvgIpc) is 2.08. The molecule has 0 aromatic heterocycles. The lowest BCUT2D eigenvalue weighted by Crippen LogP contribution is -1.89. The van der Waals surface area contributed by atoms with Gasteiger partial charge in [-0.05, 0) is 24.5 Å². The molecule has 1 rings (SSSR count). The molecule has 0 aliphatic carbocycles. The summed E-state index contributed by atoms with van der Waals surface area (Å²) in [6.45, 7) is 2.04. The van der Waals surface area contributed by atoms with Crippen molar-refractivity contribution in [3.63, 3.8) is 0 Å². The first-order valence-corrected chi connectivity index (χ1v) is 4.20. The van der Waals surface area contributed by atoms with Gasteiger partial charge in [-0.25, -0.2) is 4.39 Å². The van der Waals surface area contributed by atoms with E-state index in [0.29, 0.717) is 12.0 Å². The fraction of sp³-hybridized carbons (Fsp3) is 0.400. The quantitative estimate of drug-likeness (QED) is 0.658. The number of hydrogen-bond acceptors (Lipinski definition) is 0. The molecule has 0 N–H and O–H groups in total. The lowest BCUT2D eigenvalue weighted by molar-refractivity contribution is 0.328. The van der Waals surface area contributed by atoms with Crippen molar-refractivity contribution in [2.24, 2.45) is 0 Å². The van der Waals surface area contributed by atoms with E-state index in [2.05, 4.69) is 0 Å². The second-order valence-corrected chi connectivity index (χ2v) is 2.83. The maximum atomic E-state index is 13.0. The van der Waals surface area contributed by atoms with Crippen molar-refractivity contribution in [3.8, 4) is 5.75 Å². The number of unbranched alkanes of at least 4 members (excludes halogenated alkanes) is 1. The Morgan fingerprint density at radius 3 is 2.83 bits per heavy atom. The van der Waals surface area contributed by atoms with Crippen LogP contribution >= 0.6 is 0 Å². The highest BCUT2D eigenvalue weighted by atomic mass is 19.1. The Morgan fingerprint density at radius 2 is 2.17 bits per heavy atom. The number of rotatable bonds is 3. The molecule has 0 spiro atoms. The number of hydrogen-bond donors (Lipinski definition) is 0. The lowest BCUT2D eigenvalue weighted by Gasteiger charge is -2.00. The van der Waals surface area contributed by atoms with Crippen molar-refractivity contribution in [2.45, 2.75) is 26.2 Å². The molecule has 0 saturated heterocycles. The van der Waals surface area contributed by atoms with E-state index in [1.165, 1.54) is 6.07 Å². The number of aryl methyl sites for hydroxylation is 1. The van der Waals surface area contributed by atoms with Gasteiger partial charge in [0.1, 0.15) is 0 Å². The molecule has 0 amide bonds. The Bertz CT molecular complexity index is 258. The Morgan fingerprint density at radius 1 is 1.42 bits per heavy atom. The van der Waals surface area contributed by atoms with Gasteiger partial charge < -0.3 is 0 Å². The first-order valence-electron chi connectivity index (χ1n) is 4.20. The zero-order valence-corrected chi connectivity index (χ0v) is 7.14. The fourth-order valence-corrected chi connectivity index (χ4v) is 1.12. The second-order valence-electron chi connectivity index (χ2n) is 2.83. The molecule has 0 saturated carbocycles. The number of halogens is 1. The highest BCUT2D eigenvalue weighted by molar-refractivity contribution is 5.29. The van der Waals surface area contributed by atoms with Gasteiger partial charge in [-0.1, -0.05) is 25.5 Å². The first-order chi connectivity index (χ1) is 5.75. The van der Waals surface area contributed by atoms with Crippen LogP contribution in [0.15, 0.2) is 18.2 Å². The molecule has 12 heavy (non-hydrogen) atoms. The highest BCUT2D eigenvalue weighted by Crippen LogP contribution is 2.20. The van der Waals surface area contributed by atoms with Crippen LogP contribution in [0.25, 0.3) is 0 Å². The average molecular weight is 167 g/mol. The van der Waals surface area contributed by atoms with Crippen molar-refractivity contribution in [3.05, 3.63) is 29.6 Å². The van der Waals surface area contributed by atoms with Crippen LogP contribution in [0.2, 0.25) is 0 Å². The lowest BCUT2D eigenvalue weighted by atomic mass is 10.1. The fourth-order valence-electron chi connectivity index (χ4n) is 1.12. The summed E-state index contributed by atoms with van der Waals surface area (Å²) in [5.41, 5.74) is 0.546. The first kappa shape index (κ1) is 9.04. The standard InChI is InChI=1S/C10H12FO/c1-2-3-5-8-6-4-7-9(12)10(8)11/h4,6-7H,2-3,5H2,1H3. The van der Waals surface area contributed by atoms with Crippen LogP contribution in [-0.2, 0) is 11.5 Å². The van der Waals surface area contributed by atoms with E-state index in [4.69, 9.17) is 0 Å². The van der Waals surface area contributed by atoms with E-state index in [0.717, 1.165) is 12.8 Å². The number of benzene rings is 1. The summed E-state index contributed by atoms with van der Waals surface area (Å²) < 4.78 is 13.0. The van der Waals surface area contributed by atoms with Gasteiger partial charge in [0.2, 0.25) is 5.75 Å². The molecule has 1 radical (unpaired) electrons. The van der Waals surface area contributed by atoms with Crippen molar-refractivity contribution in [1.82, 2.24) is 0 Å². The Kier molecular flexibility index (Phi) is 3.09. The van der Waals surface area contributed by atoms with Gasteiger partial charge in [0.25, 0.3) is 0 Å². The van der Waals surface area contributed by atoms with E-state index in [-0.39, 0.29) is 0 Å². The summed E-state index contributed by atoms with van der Waals surface area (Å²) in [5, 5.41) is 10.8. The van der Waals surface area contributed by atoms with Crippen LogP contribution in [0.3, 0.4) is 0 Å². The summed E-state index contributed by atoms with van der Waals surface area (Å²) in [6, 6.07) is 4.54. The van der Waals surface area contributed by atoms with Crippen LogP contribution in [-0.4, -0.2) is 0 Å². The summed E-state index contributed by atoms with van der Waals surface area (Å²) in [6.07, 6.45) is 2.61. The monoisotopic (exact) mass is 167 g/mol. The predicted octanol–water partition coefficient (Wildman–Crippen LogP) is 3.31. The van der Waals surface area contributed by atoms with Crippen LogP contribution in [0.1, 0.15) is 25.3 Å². The molecule has 0 aliphatic rings. The molecule has 1 aromatic rings. The minimum Gasteiger partial charge on any atom is -0.287 e. The van der Waals surface area contributed by atoms with E-state index in [1.807, 2.05) is 6.92 Å². The van der Waals surface area contributed by atoms with Gasteiger partial charge in [-0.15, -0.1) is 0 Å². The zero-order valence-electron chi connectivity index (χ0n) is 7.14. The molecular weight excluding hydrogens is 155 g/mol. The predicted molar refractivity (Wildman–Crippen MR) is 45.1 cm³/mol. The summed E-state index contributed by atoms with van der Waals surface area (Å²) in [7, 11) is 0. The Labute approximate surface area is 71.9 Å². The van der Waals surface area contributed by atoms with Crippen LogP contribution < -0.4 is 0 Å². The topological polar surface area (TPSA) is 19.9 Å². The smallest absolute Gasteiger partial charge is 0.214 e. The SMILES string of the molecule is CCCCc1cccc([O])c1F. The van der Waals surface area contributed by atoms with Crippen molar-refractivity contribution >= 4 is 0 Å². The Hall–Kier alpha value is -1.05. The second kappa shape index (κ2) is 4.10. The molecule has 0 unspecified atom stereocenters. The van der Waals surface area contributed by atoms with E-state index < -0.39 is 11.6 Å². The normalized spacial score (nSPS) is 10.2. The van der Waals surface area contributed by atoms with Crippen molar-refractivity contribution in [1.29, 1.82) is 0 Å². The molecule has 0 atom stereocenters. The van der Waals surface area contributed by atoms with Gasteiger partial charge in [0.15, 0.2) is 5.82 Å². The maximum absolute atomic E-state index is 13.0. The van der Waals surface area contributed by atoms with Crippen molar-refractivity contribution < 1.29 is 9.50 Å². The third-order valence-electron chi connectivity index (χ3n) is 1.84. The van der Waals surface area contributed by atoms with E-state index in [9.17, 15) is 9.50 Å². The highest BCUT2D eigenvalue weighted by Gasteiger charge is 2.06. The van der Waals surface area contributed by atoms with Gasteiger partial charge in [0, 0.05) is 0 Å². The minimum absolute atomic E-state index is 0.497. The summed E-state index contributed by atoms with van der Waals surface area (Å²) in [5.74, 6) is -1.07. The third kappa shape index (κ3) is 1.97. The molecule has 2 heteroatoms. The van der Waals surface area contributed by atoms with Crippen LogP contribution in [0.5, 0.6) is 5.75 Å². The van der Waals surface area contributed by atoms with E-state index in [1.54, 1.807) is 12.1 Å². The minimum atomic E-state index is -0.578. The molecule has 1 aromatic carbocycles. The molecule has 1 nitrogen and oxygen atoms in total.